The molecule has 1 fully saturated rings. The number of ether oxygens (including phenoxy) is 1. The van der Waals surface area contributed by atoms with Crippen molar-refractivity contribution in [2.75, 3.05) is 24.2 Å². The first kappa shape index (κ1) is 26.7. The summed E-state index contributed by atoms with van der Waals surface area (Å²) in [5.74, 6) is 0.167. The van der Waals surface area contributed by atoms with Crippen LogP contribution in [0.15, 0.2) is 75.2 Å². The van der Waals surface area contributed by atoms with Gasteiger partial charge in [-0.25, -0.2) is 4.98 Å². The first-order valence-electron chi connectivity index (χ1n) is 13.0. The van der Waals surface area contributed by atoms with E-state index >= 15 is 0 Å². The molecule has 0 unspecified atom stereocenters. The molecule has 2 amide bonds. The molecule has 0 saturated carbocycles. The molecule has 2 aromatic heterocycles. The smallest absolute Gasteiger partial charge is 0.262 e. The van der Waals surface area contributed by atoms with E-state index in [2.05, 4.69) is 17.6 Å². The molecule has 1 atom stereocenters. The summed E-state index contributed by atoms with van der Waals surface area (Å²) in [6.45, 7) is 3.39. The second kappa shape index (κ2) is 12.3. The van der Waals surface area contributed by atoms with Gasteiger partial charge < -0.3 is 19.8 Å². The van der Waals surface area contributed by atoms with Gasteiger partial charge in [-0.3, -0.25) is 19.0 Å². The van der Waals surface area contributed by atoms with E-state index in [4.69, 9.17) is 14.1 Å². The minimum Gasteiger partial charge on any atom is -0.467 e. The van der Waals surface area contributed by atoms with E-state index < -0.39 is 0 Å². The summed E-state index contributed by atoms with van der Waals surface area (Å²) in [4.78, 5) is 43.7. The highest BCUT2D eigenvalue weighted by molar-refractivity contribution is 7.99. The number of aryl methyl sites for hydroxylation is 1. The fourth-order valence-electron chi connectivity index (χ4n) is 4.41. The Labute approximate surface area is 230 Å². The van der Waals surface area contributed by atoms with Gasteiger partial charge in [0, 0.05) is 24.4 Å². The Morgan fingerprint density at radius 3 is 2.72 bits per heavy atom. The van der Waals surface area contributed by atoms with Crippen molar-refractivity contribution in [2.24, 2.45) is 0 Å². The monoisotopic (exact) mass is 546 g/mol. The first-order valence-corrected chi connectivity index (χ1v) is 14.0. The number of benzene rings is 2. The Bertz CT molecular complexity index is 1510. The molecule has 1 saturated heterocycles. The summed E-state index contributed by atoms with van der Waals surface area (Å²) in [6.07, 6.45) is 4.41. The number of furan rings is 1. The van der Waals surface area contributed by atoms with Crippen LogP contribution in [-0.4, -0.2) is 46.4 Å². The molecule has 1 aliphatic rings. The Balaban J connectivity index is 1.37. The maximum absolute atomic E-state index is 13.5. The van der Waals surface area contributed by atoms with Crippen LogP contribution in [0.2, 0.25) is 0 Å². The van der Waals surface area contributed by atoms with Crippen molar-refractivity contribution >= 4 is 40.2 Å². The van der Waals surface area contributed by atoms with Crippen molar-refractivity contribution in [3.8, 4) is 0 Å². The van der Waals surface area contributed by atoms with Gasteiger partial charge >= 0.3 is 0 Å². The second-order valence-electron chi connectivity index (χ2n) is 9.33. The third-order valence-electron chi connectivity index (χ3n) is 6.57. The van der Waals surface area contributed by atoms with Crippen LogP contribution >= 0.6 is 11.8 Å². The van der Waals surface area contributed by atoms with Gasteiger partial charge in [-0.15, -0.1) is 0 Å². The summed E-state index contributed by atoms with van der Waals surface area (Å²) < 4.78 is 12.5. The zero-order valence-electron chi connectivity index (χ0n) is 21.6. The van der Waals surface area contributed by atoms with Gasteiger partial charge in [-0.1, -0.05) is 30.8 Å². The SMILES string of the molecule is CCc1ccc(NC(=O)CSc2nc3cc(C(=O)NC[C@H]4CCCO4)ccc3c(=O)n2Cc2ccco2)cc1. The molecule has 0 spiro atoms. The number of aromatic nitrogens is 2. The van der Waals surface area contributed by atoms with E-state index in [9.17, 15) is 14.4 Å². The molecule has 202 valence electrons. The number of nitrogens with zero attached hydrogens (tertiary/aromatic N) is 2. The summed E-state index contributed by atoms with van der Waals surface area (Å²) in [5.41, 5.74) is 2.40. The number of fused-ring (bicyclic) bond motifs is 1. The van der Waals surface area contributed by atoms with E-state index in [-0.39, 0.29) is 35.8 Å². The Morgan fingerprint density at radius 2 is 2.00 bits per heavy atom. The number of amides is 2. The molecule has 1 aliphatic heterocycles. The quantitative estimate of drug-likeness (QED) is 0.226. The van der Waals surface area contributed by atoms with Gasteiger partial charge in [0.1, 0.15) is 5.76 Å². The lowest BCUT2D eigenvalue weighted by atomic mass is 10.1. The van der Waals surface area contributed by atoms with E-state index in [0.717, 1.165) is 31.0 Å². The Kier molecular flexibility index (Phi) is 8.43. The topological polar surface area (TPSA) is 115 Å². The van der Waals surface area contributed by atoms with Gasteiger partial charge in [0.25, 0.3) is 11.5 Å². The predicted octanol–water partition coefficient (Wildman–Crippen LogP) is 4.24. The number of anilines is 1. The standard InChI is InChI=1S/C29H30N4O5S/c1-2-19-7-10-21(11-8-19)31-26(34)18-39-29-32-25-15-20(27(35)30-16-22-5-3-13-37-22)9-12-24(25)28(36)33(29)17-23-6-4-14-38-23/h4,6-12,14-15,22H,2-3,5,13,16-18H2,1H3,(H,30,35)(H,31,34)/t22-/m1/s1. The largest absolute Gasteiger partial charge is 0.467 e. The molecule has 5 rings (SSSR count). The number of rotatable bonds is 10. The lowest BCUT2D eigenvalue weighted by Crippen LogP contribution is -2.31. The van der Waals surface area contributed by atoms with Crippen LogP contribution in [0.4, 0.5) is 5.69 Å². The molecule has 4 aromatic rings. The van der Waals surface area contributed by atoms with Crippen molar-refractivity contribution in [2.45, 2.75) is 44.0 Å². The fraction of sp³-hybridized carbons (Fsp3) is 0.310. The van der Waals surface area contributed by atoms with Crippen LogP contribution in [0.25, 0.3) is 10.9 Å². The molecule has 39 heavy (non-hydrogen) atoms. The molecule has 3 heterocycles. The van der Waals surface area contributed by atoms with Crippen molar-refractivity contribution < 1.29 is 18.7 Å². The molecular formula is C29H30N4O5S. The van der Waals surface area contributed by atoms with Gasteiger partial charge in [0.05, 0.1) is 35.6 Å². The number of hydrogen-bond donors (Lipinski definition) is 2. The lowest BCUT2D eigenvalue weighted by molar-refractivity contribution is -0.113. The van der Waals surface area contributed by atoms with Crippen LogP contribution in [-0.2, 0) is 22.5 Å². The minimum absolute atomic E-state index is 0.0278. The molecule has 9 nitrogen and oxygen atoms in total. The van der Waals surface area contributed by atoms with Crippen LogP contribution in [0, 0.1) is 0 Å². The van der Waals surface area contributed by atoms with Gasteiger partial charge in [0.15, 0.2) is 5.16 Å². The van der Waals surface area contributed by atoms with Crippen LogP contribution < -0.4 is 16.2 Å². The molecule has 2 aromatic carbocycles. The van der Waals surface area contributed by atoms with Gasteiger partial charge in [0.2, 0.25) is 5.91 Å². The van der Waals surface area contributed by atoms with E-state index in [0.29, 0.717) is 46.2 Å². The van der Waals surface area contributed by atoms with E-state index in [1.54, 1.807) is 36.6 Å². The summed E-state index contributed by atoms with van der Waals surface area (Å²) in [7, 11) is 0. The molecular weight excluding hydrogens is 516 g/mol. The van der Waals surface area contributed by atoms with E-state index in [1.165, 1.54) is 10.1 Å². The molecule has 0 radical (unpaired) electrons. The van der Waals surface area contributed by atoms with Crippen LogP contribution in [0.1, 0.15) is 41.4 Å². The average molecular weight is 547 g/mol. The highest BCUT2D eigenvalue weighted by atomic mass is 32.2. The summed E-state index contributed by atoms with van der Waals surface area (Å²) >= 11 is 1.16. The minimum atomic E-state index is -0.277. The number of carbonyl (C=O) groups is 2. The highest BCUT2D eigenvalue weighted by Crippen LogP contribution is 2.21. The number of thioether (sulfide) groups is 1. The zero-order chi connectivity index (χ0) is 27.2. The Hall–Kier alpha value is -3.89. The summed E-state index contributed by atoms with van der Waals surface area (Å²) in [6, 6.07) is 16.1. The van der Waals surface area contributed by atoms with Gasteiger partial charge in [-0.05, 0) is 67.3 Å². The average Bonchev–Trinajstić information content (AvgIpc) is 3.67. The maximum Gasteiger partial charge on any atom is 0.262 e. The molecule has 0 bridgehead atoms. The Morgan fingerprint density at radius 1 is 1.15 bits per heavy atom. The van der Waals surface area contributed by atoms with Crippen molar-refractivity contribution in [3.05, 3.63) is 88.1 Å². The van der Waals surface area contributed by atoms with Crippen molar-refractivity contribution in [1.29, 1.82) is 0 Å². The van der Waals surface area contributed by atoms with Crippen molar-refractivity contribution in [3.63, 3.8) is 0 Å². The molecule has 0 aliphatic carbocycles. The highest BCUT2D eigenvalue weighted by Gasteiger charge is 2.19. The van der Waals surface area contributed by atoms with E-state index in [1.807, 2.05) is 24.3 Å². The lowest BCUT2D eigenvalue weighted by Gasteiger charge is -2.14. The third kappa shape index (κ3) is 6.58. The normalized spacial score (nSPS) is 14.9. The van der Waals surface area contributed by atoms with Crippen molar-refractivity contribution in [1.82, 2.24) is 14.9 Å². The number of hydrogen-bond acceptors (Lipinski definition) is 7. The van der Waals surface area contributed by atoms with Gasteiger partial charge in [-0.2, -0.15) is 0 Å². The third-order valence-corrected chi connectivity index (χ3v) is 7.55. The number of nitrogens with one attached hydrogen (secondary N) is 2. The predicted molar refractivity (Wildman–Crippen MR) is 150 cm³/mol. The zero-order valence-corrected chi connectivity index (χ0v) is 22.5. The molecule has 10 heteroatoms. The van der Waals surface area contributed by atoms with Crippen LogP contribution in [0.5, 0.6) is 0 Å². The maximum atomic E-state index is 13.5. The summed E-state index contributed by atoms with van der Waals surface area (Å²) in [5, 5.41) is 6.52. The molecule has 2 N–H and O–H groups in total. The second-order valence-corrected chi connectivity index (χ2v) is 10.3. The fourth-order valence-corrected chi connectivity index (χ4v) is 5.21. The number of carbonyl (C=O) groups excluding carboxylic acids is 2. The van der Waals surface area contributed by atoms with Crippen LogP contribution in [0.3, 0.4) is 0 Å². The first-order chi connectivity index (χ1) is 19.0.